The number of hydrogen-bond acceptors (Lipinski definition) is 7. The molecule has 0 saturated carbocycles. The van der Waals surface area contributed by atoms with Crippen molar-refractivity contribution in [3.05, 3.63) is 80.9 Å². The Hall–Kier alpha value is -3.85. The molecule has 0 radical (unpaired) electrons. The summed E-state index contributed by atoms with van der Waals surface area (Å²) in [7, 11) is 0. The van der Waals surface area contributed by atoms with Crippen LogP contribution in [0.3, 0.4) is 0 Å². The zero-order valence-electron chi connectivity index (χ0n) is 15.7. The summed E-state index contributed by atoms with van der Waals surface area (Å²) in [5, 5.41) is 23.8. The first-order valence-corrected chi connectivity index (χ1v) is 9.65. The number of aromatic hydroxyl groups is 1. The van der Waals surface area contributed by atoms with Gasteiger partial charge in [-0.1, -0.05) is 12.1 Å². The van der Waals surface area contributed by atoms with Gasteiger partial charge in [0.15, 0.2) is 5.17 Å². The highest BCUT2D eigenvalue weighted by Crippen LogP contribution is 2.34. The summed E-state index contributed by atoms with van der Waals surface area (Å²) < 4.78 is 5.75. The Morgan fingerprint density at radius 2 is 1.93 bits per heavy atom. The molecule has 9 heteroatoms. The van der Waals surface area contributed by atoms with Crippen molar-refractivity contribution >= 4 is 40.3 Å². The zero-order chi connectivity index (χ0) is 21.3. The number of nitro benzene ring substituents is 1. The second kappa shape index (κ2) is 7.88. The fourth-order valence-corrected chi connectivity index (χ4v) is 3.64. The number of amides is 1. The van der Waals surface area contributed by atoms with Crippen LogP contribution in [0.25, 0.3) is 17.4 Å². The summed E-state index contributed by atoms with van der Waals surface area (Å²) in [6.45, 7) is 1.82. The number of nitrogens with zero attached hydrogens (tertiary/aromatic N) is 2. The van der Waals surface area contributed by atoms with E-state index in [1.807, 2.05) is 13.0 Å². The maximum Gasteiger partial charge on any atom is 0.269 e. The van der Waals surface area contributed by atoms with Crippen LogP contribution in [0.2, 0.25) is 0 Å². The van der Waals surface area contributed by atoms with E-state index in [-0.39, 0.29) is 17.3 Å². The van der Waals surface area contributed by atoms with Crippen LogP contribution in [0, 0.1) is 17.0 Å². The summed E-state index contributed by atoms with van der Waals surface area (Å²) >= 11 is 1.14. The van der Waals surface area contributed by atoms with Crippen LogP contribution in [0.1, 0.15) is 11.3 Å². The largest absolute Gasteiger partial charge is 0.506 e. The Morgan fingerprint density at radius 3 is 2.63 bits per heavy atom. The van der Waals surface area contributed by atoms with Crippen LogP contribution in [-0.4, -0.2) is 21.1 Å². The molecule has 1 saturated heterocycles. The number of carbonyl (C=O) groups is 1. The highest BCUT2D eigenvalue weighted by Gasteiger charge is 2.25. The normalized spacial score (nSPS) is 16.2. The van der Waals surface area contributed by atoms with Gasteiger partial charge in [-0.15, -0.1) is 0 Å². The second-order valence-electron chi connectivity index (χ2n) is 6.43. The van der Waals surface area contributed by atoms with Crippen molar-refractivity contribution in [3.63, 3.8) is 0 Å². The Balaban J connectivity index is 1.55. The Kier molecular flexibility index (Phi) is 5.11. The van der Waals surface area contributed by atoms with E-state index in [2.05, 4.69) is 10.3 Å². The maximum absolute atomic E-state index is 12.3. The van der Waals surface area contributed by atoms with E-state index < -0.39 is 4.92 Å². The van der Waals surface area contributed by atoms with Gasteiger partial charge in [0.25, 0.3) is 11.6 Å². The van der Waals surface area contributed by atoms with Gasteiger partial charge < -0.3 is 14.8 Å². The van der Waals surface area contributed by atoms with Gasteiger partial charge in [0.1, 0.15) is 23.0 Å². The van der Waals surface area contributed by atoms with E-state index in [1.54, 1.807) is 36.4 Å². The molecule has 1 fully saturated rings. The number of hydrogen-bond donors (Lipinski definition) is 2. The number of nitrogens with one attached hydrogen (secondary N) is 1. The lowest BCUT2D eigenvalue weighted by molar-refractivity contribution is -0.384. The Bertz CT molecular complexity index is 1190. The number of para-hydroxylation sites is 1. The number of nitro groups is 1. The molecular formula is C21H15N3O5S. The highest BCUT2D eigenvalue weighted by atomic mass is 32.2. The van der Waals surface area contributed by atoms with Gasteiger partial charge in [-0.05, 0) is 54.6 Å². The number of aryl methyl sites for hydroxylation is 1. The van der Waals surface area contributed by atoms with E-state index >= 15 is 0 Å². The molecule has 0 unspecified atom stereocenters. The van der Waals surface area contributed by atoms with E-state index in [9.17, 15) is 20.0 Å². The smallest absolute Gasteiger partial charge is 0.269 e. The molecule has 0 aliphatic carbocycles. The third kappa shape index (κ3) is 3.96. The van der Waals surface area contributed by atoms with Crippen molar-refractivity contribution in [3.8, 4) is 17.1 Å². The number of rotatable bonds is 4. The third-order valence-electron chi connectivity index (χ3n) is 4.34. The molecule has 150 valence electrons. The topological polar surface area (TPSA) is 118 Å². The number of carbonyl (C=O) groups excluding carboxylic acids is 1. The molecule has 8 nitrogen and oxygen atoms in total. The molecule has 1 aliphatic heterocycles. The third-order valence-corrected chi connectivity index (χ3v) is 5.25. The molecule has 2 heterocycles. The predicted octanol–water partition coefficient (Wildman–Crippen LogP) is 4.76. The van der Waals surface area contributed by atoms with Gasteiger partial charge >= 0.3 is 0 Å². The van der Waals surface area contributed by atoms with Crippen LogP contribution < -0.4 is 5.32 Å². The molecular weight excluding hydrogens is 406 g/mol. The Morgan fingerprint density at radius 1 is 1.17 bits per heavy atom. The first kappa shape index (κ1) is 19.5. The molecule has 1 aliphatic rings. The van der Waals surface area contributed by atoms with Crippen molar-refractivity contribution in [2.75, 3.05) is 0 Å². The van der Waals surface area contributed by atoms with Crippen LogP contribution in [0.5, 0.6) is 5.75 Å². The van der Waals surface area contributed by atoms with Crippen molar-refractivity contribution < 1.29 is 19.2 Å². The van der Waals surface area contributed by atoms with Gasteiger partial charge in [-0.2, -0.15) is 0 Å². The lowest BCUT2D eigenvalue weighted by Gasteiger charge is -2.03. The van der Waals surface area contributed by atoms with Crippen LogP contribution >= 0.6 is 11.8 Å². The minimum atomic E-state index is -0.465. The number of phenolic OH excluding ortho intramolecular Hbond substituents is 1. The number of aliphatic imine (C=N–C) groups is 1. The molecule has 2 aromatic carbocycles. The fraction of sp³-hybridized carbons (Fsp3) is 0.0476. The molecule has 4 rings (SSSR count). The number of amidine groups is 1. The Labute approximate surface area is 175 Å². The number of furan rings is 1. The summed E-state index contributed by atoms with van der Waals surface area (Å²) in [6.07, 6.45) is 1.59. The summed E-state index contributed by atoms with van der Waals surface area (Å²) in [5.74, 6) is 0.702. The predicted molar refractivity (Wildman–Crippen MR) is 114 cm³/mol. The minimum absolute atomic E-state index is 0.00168. The SMILES string of the molecule is Cc1cccc(O)c1N=C1NC(=O)/C(=C\c2ccc(-c3ccc([N+](=O)[O-])cc3)o2)S1. The maximum atomic E-state index is 12.3. The molecule has 0 atom stereocenters. The average molecular weight is 421 g/mol. The van der Waals surface area contributed by atoms with Gasteiger partial charge in [-0.25, -0.2) is 4.99 Å². The lowest BCUT2D eigenvalue weighted by atomic mass is 10.1. The van der Waals surface area contributed by atoms with Gasteiger partial charge in [0.05, 0.1) is 9.83 Å². The van der Waals surface area contributed by atoms with Gasteiger partial charge in [0.2, 0.25) is 0 Å². The number of benzene rings is 2. The van der Waals surface area contributed by atoms with Crippen LogP contribution in [0.4, 0.5) is 11.4 Å². The quantitative estimate of drug-likeness (QED) is 0.356. The molecule has 30 heavy (non-hydrogen) atoms. The van der Waals surface area contributed by atoms with Crippen molar-refractivity contribution in [2.24, 2.45) is 4.99 Å². The van der Waals surface area contributed by atoms with Gasteiger partial charge in [0, 0.05) is 23.8 Å². The standard InChI is InChI=1S/C21H15N3O5S/c1-12-3-2-4-16(25)19(12)22-21-23-20(26)18(30-21)11-15-9-10-17(29-15)13-5-7-14(8-6-13)24(27)28/h2-11,25H,1H3,(H,22,23,26)/b18-11+. The van der Waals surface area contributed by atoms with Crippen molar-refractivity contribution in [2.45, 2.75) is 6.92 Å². The first-order chi connectivity index (χ1) is 14.4. The molecule has 0 spiro atoms. The molecule has 1 aromatic heterocycles. The van der Waals surface area contributed by atoms with E-state index in [4.69, 9.17) is 4.42 Å². The molecule has 2 N–H and O–H groups in total. The molecule has 0 bridgehead atoms. The number of thioether (sulfide) groups is 1. The number of phenols is 1. The highest BCUT2D eigenvalue weighted by molar-refractivity contribution is 8.18. The fourth-order valence-electron chi connectivity index (χ4n) is 2.83. The molecule has 3 aromatic rings. The van der Waals surface area contributed by atoms with E-state index in [1.165, 1.54) is 18.2 Å². The number of non-ortho nitro benzene ring substituents is 1. The molecule has 1 amide bonds. The monoisotopic (exact) mass is 421 g/mol. The van der Waals surface area contributed by atoms with Crippen molar-refractivity contribution in [1.82, 2.24) is 5.32 Å². The summed E-state index contributed by atoms with van der Waals surface area (Å²) in [6, 6.07) is 14.5. The van der Waals surface area contributed by atoms with E-state index in [0.29, 0.717) is 32.8 Å². The average Bonchev–Trinajstić information content (AvgIpc) is 3.32. The van der Waals surface area contributed by atoms with Gasteiger partial charge in [-0.3, -0.25) is 14.9 Å². The summed E-state index contributed by atoms with van der Waals surface area (Å²) in [5.41, 5.74) is 1.87. The zero-order valence-corrected chi connectivity index (χ0v) is 16.5. The van der Waals surface area contributed by atoms with Crippen LogP contribution in [0.15, 0.2) is 68.9 Å². The first-order valence-electron chi connectivity index (χ1n) is 8.83. The van der Waals surface area contributed by atoms with Crippen LogP contribution in [-0.2, 0) is 4.79 Å². The lowest BCUT2D eigenvalue weighted by Crippen LogP contribution is -2.19. The van der Waals surface area contributed by atoms with Crippen molar-refractivity contribution in [1.29, 1.82) is 0 Å². The second-order valence-corrected chi connectivity index (χ2v) is 7.46. The van der Waals surface area contributed by atoms with E-state index in [0.717, 1.165) is 17.3 Å². The summed E-state index contributed by atoms with van der Waals surface area (Å²) in [4.78, 5) is 27.3. The minimum Gasteiger partial charge on any atom is -0.506 e.